The van der Waals surface area contributed by atoms with Crippen LogP contribution in [0.3, 0.4) is 0 Å². The number of rotatable bonds is 3. The van der Waals surface area contributed by atoms with Gasteiger partial charge in [-0.05, 0) is 27.8 Å². The summed E-state index contributed by atoms with van der Waals surface area (Å²) in [7, 11) is 1.82. The highest BCUT2D eigenvalue weighted by Gasteiger charge is 2.08. The highest BCUT2D eigenvalue weighted by Crippen LogP contribution is 2.03. The average molecular weight is 195 g/mol. The van der Waals surface area contributed by atoms with Gasteiger partial charge in [0.25, 0.3) is 5.56 Å². The Bertz CT molecular complexity index is 368. The molecule has 0 saturated heterocycles. The first kappa shape index (κ1) is 10.9. The number of nitrogens with zero attached hydrogens (tertiary/aromatic N) is 2. The molecule has 1 aromatic rings. The fourth-order valence-corrected chi connectivity index (χ4v) is 1.51. The number of hydrogen-bond donors (Lipinski definition) is 1. The van der Waals surface area contributed by atoms with Crippen molar-refractivity contribution in [3.8, 4) is 0 Å². The van der Waals surface area contributed by atoms with Gasteiger partial charge in [0.15, 0.2) is 0 Å². The fourth-order valence-electron chi connectivity index (χ4n) is 1.51. The molecular weight excluding hydrogens is 178 g/mol. The van der Waals surface area contributed by atoms with Crippen LogP contribution in [0.25, 0.3) is 0 Å². The Morgan fingerprint density at radius 2 is 2.21 bits per heavy atom. The van der Waals surface area contributed by atoms with Gasteiger partial charge in [-0.1, -0.05) is 0 Å². The van der Waals surface area contributed by atoms with Crippen molar-refractivity contribution in [1.29, 1.82) is 0 Å². The van der Waals surface area contributed by atoms with Crippen molar-refractivity contribution in [2.75, 3.05) is 7.05 Å². The molecule has 0 atom stereocenters. The van der Waals surface area contributed by atoms with E-state index in [-0.39, 0.29) is 11.6 Å². The predicted octanol–water partition coefficient (Wildman–Crippen LogP) is 0.852. The lowest BCUT2D eigenvalue weighted by Gasteiger charge is -2.13. The number of aromatic nitrogens is 2. The first-order valence-electron chi connectivity index (χ1n) is 4.79. The topological polar surface area (TPSA) is 46.9 Å². The third-order valence-electron chi connectivity index (χ3n) is 2.13. The molecule has 0 aliphatic heterocycles. The van der Waals surface area contributed by atoms with E-state index >= 15 is 0 Å². The zero-order valence-corrected chi connectivity index (χ0v) is 9.16. The second-order valence-corrected chi connectivity index (χ2v) is 3.63. The van der Waals surface area contributed by atoms with Gasteiger partial charge in [0.05, 0.1) is 0 Å². The van der Waals surface area contributed by atoms with Gasteiger partial charge in [0.1, 0.15) is 5.82 Å². The normalized spacial score (nSPS) is 10.9. The zero-order valence-electron chi connectivity index (χ0n) is 9.16. The maximum Gasteiger partial charge on any atom is 0.258 e. The van der Waals surface area contributed by atoms with E-state index in [1.807, 2.05) is 27.8 Å². The Kier molecular flexibility index (Phi) is 3.41. The molecule has 0 bridgehead atoms. The van der Waals surface area contributed by atoms with Crippen LogP contribution in [0.1, 0.15) is 31.3 Å². The van der Waals surface area contributed by atoms with Crippen molar-refractivity contribution in [2.45, 2.75) is 33.4 Å². The highest BCUT2D eigenvalue weighted by atomic mass is 16.1. The zero-order chi connectivity index (χ0) is 10.7. The second kappa shape index (κ2) is 4.37. The average Bonchev–Trinajstić information content (AvgIpc) is 2.10. The third-order valence-corrected chi connectivity index (χ3v) is 2.13. The molecule has 0 unspecified atom stereocenters. The Morgan fingerprint density at radius 1 is 1.57 bits per heavy atom. The van der Waals surface area contributed by atoms with Crippen LogP contribution in [0.15, 0.2) is 11.0 Å². The van der Waals surface area contributed by atoms with Crippen molar-refractivity contribution in [1.82, 2.24) is 14.9 Å². The lowest BCUT2D eigenvalue weighted by molar-refractivity contribution is 0.540. The van der Waals surface area contributed by atoms with E-state index in [0.29, 0.717) is 12.1 Å². The molecule has 1 heterocycles. The summed E-state index contributed by atoms with van der Waals surface area (Å²) in [5.74, 6) is 0.768. The molecule has 14 heavy (non-hydrogen) atoms. The highest BCUT2D eigenvalue weighted by molar-refractivity contribution is 5.07. The van der Waals surface area contributed by atoms with Crippen LogP contribution in [-0.4, -0.2) is 16.6 Å². The van der Waals surface area contributed by atoms with Gasteiger partial charge in [-0.3, -0.25) is 9.36 Å². The van der Waals surface area contributed by atoms with E-state index in [0.717, 1.165) is 5.82 Å². The fraction of sp³-hybridized carbons (Fsp3) is 0.600. The first-order valence-corrected chi connectivity index (χ1v) is 4.79. The largest absolute Gasteiger partial charge is 0.315 e. The molecule has 0 fully saturated rings. The molecule has 4 nitrogen and oxygen atoms in total. The van der Waals surface area contributed by atoms with Crippen LogP contribution in [0.4, 0.5) is 0 Å². The summed E-state index contributed by atoms with van der Waals surface area (Å²) in [5, 5.41) is 2.96. The molecule has 0 spiro atoms. The maximum atomic E-state index is 11.9. The van der Waals surface area contributed by atoms with E-state index < -0.39 is 0 Å². The van der Waals surface area contributed by atoms with Gasteiger partial charge in [0.2, 0.25) is 0 Å². The Morgan fingerprint density at radius 3 is 2.71 bits per heavy atom. The smallest absolute Gasteiger partial charge is 0.258 e. The molecular formula is C10H17N3O. The summed E-state index contributed by atoms with van der Waals surface area (Å²) in [4.78, 5) is 16.1. The van der Waals surface area contributed by atoms with E-state index in [9.17, 15) is 4.79 Å². The van der Waals surface area contributed by atoms with Crippen molar-refractivity contribution < 1.29 is 0 Å². The minimum absolute atomic E-state index is 0.0573. The summed E-state index contributed by atoms with van der Waals surface area (Å²) < 4.78 is 1.71. The molecule has 1 N–H and O–H groups in total. The summed E-state index contributed by atoms with van der Waals surface area (Å²) in [6, 6.07) is 0.159. The molecule has 0 saturated carbocycles. The van der Waals surface area contributed by atoms with Crippen LogP contribution >= 0.6 is 0 Å². The van der Waals surface area contributed by atoms with E-state index in [2.05, 4.69) is 10.3 Å². The number of aryl methyl sites for hydroxylation is 1. The molecule has 4 heteroatoms. The Hall–Kier alpha value is -1.16. The molecule has 0 amide bonds. The minimum atomic E-state index is 0.0573. The molecule has 0 aliphatic rings. The van der Waals surface area contributed by atoms with E-state index in [4.69, 9.17) is 0 Å². The van der Waals surface area contributed by atoms with Crippen LogP contribution in [0, 0.1) is 6.92 Å². The number of nitrogens with one attached hydrogen (secondary N) is 1. The SMILES string of the molecule is CNCc1cnc(C)n(C(C)C)c1=O. The van der Waals surface area contributed by atoms with Crippen LogP contribution in [-0.2, 0) is 6.54 Å². The van der Waals surface area contributed by atoms with Gasteiger partial charge in [-0.2, -0.15) is 0 Å². The first-order chi connectivity index (χ1) is 6.57. The van der Waals surface area contributed by atoms with Crippen molar-refractivity contribution in [2.24, 2.45) is 0 Å². The molecule has 0 aliphatic carbocycles. The van der Waals surface area contributed by atoms with E-state index in [1.54, 1.807) is 10.8 Å². The minimum Gasteiger partial charge on any atom is -0.315 e. The van der Waals surface area contributed by atoms with Crippen LogP contribution in [0.5, 0.6) is 0 Å². The van der Waals surface area contributed by atoms with E-state index in [1.165, 1.54) is 0 Å². The maximum absolute atomic E-state index is 11.9. The van der Waals surface area contributed by atoms with Gasteiger partial charge >= 0.3 is 0 Å². The lowest BCUT2D eigenvalue weighted by atomic mass is 10.3. The molecule has 1 aromatic heterocycles. The van der Waals surface area contributed by atoms with Crippen LogP contribution < -0.4 is 10.9 Å². The van der Waals surface area contributed by atoms with Gasteiger partial charge in [0, 0.05) is 24.3 Å². The lowest BCUT2D eigenvalue weighted by Crippen LogP contribution is -2.30. The summed E-state index contributed by atoms with van der Waals surface area (Å²) in [5.41, 5.74) is 0.772. The van der Waals surface area contributed by atoms with Crippen molar-refractivity contribution in [3.05, 3.63) is 27.9 Å². The monoisotopic (exact) mass is 195 g/mol. The second-order valence-electron chi connectivity index (χ2n) is 3.63. The Labute approximate surface area is 84.0 Å². The van der Waals surface area contributed by atoms with Gasteiger partial charge in [-0.25, -0.2) is 4.98 Å². The number of hydrogen-bond acceptors (Lipinski definition) is 3. The standard InChI is InChI=1S/C10H17N3O/c1-7(2)13-8(3)12-6-9(5-11-4)10(13)14/h6-7,11H,5H2,1-4H3. The molecule has 0 aromatic carbocycles. The Balaban J connectivity index is 3.27. The van der Waals surface area contributed by atoms with Crippen molar-refractivity contribution in [3.63, 3.8) is 0 Å². The predicted molar refractivity (Wildman–Crippen MR) is 56.4 cm³/mol. The molecule has 1 rings (SSSR count). The third kappa shape index (κ3) is 2.01. The molecule has 78 valence electrons. The molecule has 0 radical (unpaired) electrons. The summed E-state index contributed by atoms with van der Waals surface area (Å²) in [6.45, 7) is 6.39. The van der Waals surface area contributed by atoms with Gasteiger partial charge in [-0.15, -0.1) is 0 Å². The summed E-state index contributed by atoms with van der Waals surface area (Å²) in [6.07, 6.45) is 1.65. The quantitative estimate of drug-likeness (QED) is 0.778. The van der Waals surface area contributed by atoms with Gasteiger partial charge < -0.3 is 5.32 Å². The van der Waals surface area contributed by atoms with Crippen LogP contribution in [0.2, 0.25) is 0 Å². The van der Waals surface area contributed by atoms with Crippen molar-refractivity contribution >= 4 is 0 Å². The summed E-state index contributed by atoms with van der Waals surface area (Å²) >= 11 is 0.